The molecule has 1 aromatic rings. The van der Waals surface area contributed by atoms with Crippen LogP contribution in [0.2, 0.25) is 5.02 Å². The Morgan fingerprint density at radius 3 is 2.50 bits per heavy atom. The lowest BCUT2D eigenvalue weighted by Crippen LogP contribution is -2.09. The molecule has 70 valence electrons. The van der Waals surface area contributed by atoms with Gasteiger partial charge in [0.15, 0.2) is 12.4 Å². The maximum Gasteiger partial charge on any atom is 0.198 e. The molecule has 14 heavy (non-hydrogen) atoms. The second-order valence-corrected chi connectivity index (χ2v) is 3.03. The topological polar surface area (TPSA) is 50.8 Å². The van der Waals surface area contributed by atoms with Crippen molar-refractivity contribution in [1.82, 2.24) is 0 Å². The molecule has 0 heterocycles. The van der Waals surface area contributed by atoms with Crippen molar-refractivity contribution >= 4 is 17.3 Å². The van der Waals surface area contributed by atoms with E-state index in [1.165, 1.54) is 0 Å². The Bertz CT molecular complexity index is 400. The Balaban J connectivity index is 3.29. The van der Waals surface area contributed by atoms with Gasteiger partial charge < -0.3 is 0 Å². The van der Waals surface area contributed by atoms with Crippen molar-refractivity contribution in [2.45, 2.75) is 13.3 Å². The molecule has 0 radical (unpaired) electrons. The van der Waals surface area contributed by atoms with Gasteiger partial charge in [-0.2, -0.15) is 15.4 Å². The molecule has 0 aliphatic carbocycles. The number of benzene rings is 1. The zero-order valence-corrected chi connectivity index (χ0v) is 8.41. The van der Waals surface area contributed by atoms with Crippen molar-refractivity contribution < 1.29 is 0 Å². The van der Waals surface area contributed by atoms with Crippen molar-refractivity contribution in [2.24, 2.45) is 0 Å². The Hall–Kier alpha value is -1.71. The molecule has 0 bridgehead atoms. The van der Waals surface area contributed by atoms with Crippen molar-refractivity contribution in [3.8, 4) is 12.4 Å². The zero-order valence-electron chi connectivity index (χ0n) is 7.66. The van der Waals surface area contributed by atoms with Gasteiger partial charge in [-0.1, -0.05) is 24.6 Å². The molecule has 4 heteroatoms. The summed E-state index contributed by atoms with van der Waals surface area (Å²) in [6.07, 6.45) is 4.26. The highest BCUT2D eigenvalue weighted by molar-refractivity contribution is 6.31. The van der Waals surface area contributed by atoms with Crippen LogP contribution in [0.3, 0.4) is 0 Å². The first-order valence-electron chi connectivity index (χ1n) is 4.11. The fraction of sp³-hybridized carbons (Fsp3) is 0.200. The quantitative estimate of drug-likeness (QED) is 0.551. The first kappa shape index (κ1) is 10.4. The van der Waals surface area contributed by atoms with Gasteiger partial charge in [0.25, 0.3) is 0 Å². The molecule has 0 saturated carbocycles. The molecule has 3 nitrogen and oxygen atoms in total. The van der Waals surface area contributed by atoms with Crippen molar-refractivity contribution in [3.63, 3.8) is 0 Å². The average molecular weight is 206 g/mol. The van der Waals surface area contributed by atoms with Crippen LogP contribution in [0.5, 0.6) is 0 Å². The van der Waals surface area contributed by atoms with Gasteiger partial charge in [0, 0.05) is 5.02 Å². The molecule has 0 aliphatic heterocycles. The van der Waals surface area contributed by atoms with E-state index >= 15 is 0 Å². The summed E-state index contributed by atoms with van der Waals surface area (Å²) in [6.45, 7) is 1.93. The van der Waals surface area contributed by atoms with E-state index in [0.29, 0.717) is 17.1 Å². The fourth-order valence-electron chi connectivity index (χ4n) is 1.24. The Morgan fingerprint density at radius 2 is 2.00 bits per heavy atom. The normalized spacial score (nSPS) is 8.86. The Kier molecular flexibility index (Phi) is 3.34. The predicted octanol–water partition coefficient (Wildman–Crippen LogP) is 2.67. The number of rotatable bonds is 2. The lowest BCUT2D eigenvalue weighted by Gasteiger charge is -2.11. The van der Waals surface area contributed by atoms with E-state index in [1.807, 2.05) is 6.92 Å². The fourth-order valence-corrected chi connectivity index (χ4v) is 1.54. The largest absolute Gasteiger partial charge is 0.198 e. The van der Waals surface area contributed by atoms with Crippen LogP contribution in [0, 0.1) is 22.9 Å². The summed E-state index contributed by atoms with van der Waals surface area (Å²) < 4.78 is 0. The van der Waals surface area contributed by atoms with Crippen LogP contribution in [0.15, 0.2) is 18.2 Å². The number of halogens is 1. The van der Waals surface area contributed by atoms with E-state index in [1.54, 1.807) is 30.6 Å². The summed E-state index contributed by atoms with van der Waals surface area (Å²) in [4.78, 5) is 0.949. The molecule has 0 atom stereocenters. The maximum atomic E-state index is 8.70. The minimum Gasteiger partial charge on any atom is -0.182 e. The molecular weight excluding hydrogens is 198 g/mol. The van der Waals surface area contributed by atoms with Gasteiger partial charge in [0.2, 0.25) is 0 Å². The number of nitriles is 2. The Morgan fingerprint density at radius 1 is 1.36 bits per heavy atom. The predicted molar refractivity (Wildman–Crippen MR) is 54.5 cm³/mol. The minimum atomic E-state index is 0.560. The van der Waals surface area contributed by atoms with E-state index in [0.717, 1.165) is 10.5 Å². The van der Waals surface area contributed by atoms with E-state index in [4.69, 9.17) is 22.1 Å². The second kappa shape index (κ2) is 4.50. The first-order chi connectivity index (χ1) is 6.74. The molecular formula is C10H8ClN3. The average Bonchev–Trinajstić information content (AvgIpc) is 2.20. The molecule has 0 spiro atoms. The summed E-state index contributed by atoms with van der Waals surface area (Å²) >= 11 is 5.94. The monoisotopic (exact) mass is 205 g/mol. The zero-order chi connectivity index (χ0) is 10.6. The van der Waals surface area contributed by atoms with Crippen LogP contribution in [-0.2, 0) is 6.42 Å². The number of hydrogen-bond donors (Lipinski definition) is 0. The third-order valence-electron chi connectivity index (χ3n) is 1.89. The molecule has 0 saturated heterocycles. The smallest absolute Gasteiger partial charge is 0.182 e. The summed E-state index contributed by atoms with van der Waals surface area (Å²) in [5.74, 6) is 0. The highest BCUT2D eigenvalue weighted by Crippen LogP contribution is 2.27. The lowest BCUT2D eigenvalue weighted by molar-refractivity contribution is 1.11. The molecule has 0 aliphatic rings. The number of hydrogen-bond acceptors (Lipinski definition) is 3. The highest BCUT2D eigenvalue weighted by atomic mass is 35.5. The van der Waals surface area contributed by atoms with E-state index in [2.05, 4.69) is 0 Å². The SMILES string of the molecule is CCc1c(Cl)cccc1N(C#N)C#N. The minimum absolute atomic E-state index is 0.560. The van der Waals surface area contributed by atoms with Crippen LogP contribution in [-0.4, -0.2) is 0 Å². The van der Waals surface area contributed by atoms with Crippen molar-refractivity contribution in [2.75, 3.05) is 4.90 Å². The van der Waals surface area contributed by atoms with Gasteiger partial charge in [0.05, 0.1) is 5.69 Å². The van der Waals surface area contributed by atoms with Gasteiger partial charge in [-0.05, 0) is 24.1 Å². The van der Waals surface area contributed by atoms with Gasteiger partial charge in [-0.3, -0.25) is 0 Å². The molecule has 0 aromatic heterocycles. The first-order valence-corrected chi connectivity index (χ1v) is 4.49. The van der Waals surface area contributed by atoms with Crippen LogP contribution in [0.4, 0.5) is 5.69 Å². The van der Waals surface area contributed by atoms with Crippen LogP contribution in [0.1, 0.15) is 12.5 Å². The molecule has 0 fully saturated rings. The van der Waals surface area contributed by atoms with Crippen LogP contribution in [0.25, 0.3) is 0 Å². The highest BCUT2D eigenvalue weighted by Gasteiger charge is 2.11. The molecule has 0 unspecified atom stereocenters. The van der Waals surface area contributed by atoms with Crippen molar-refractivity contribution in [1.29, 1.82) is 10.5 Å². The van der Waals surface area contributed by atoms with Gasteiger partial charge >= 0.3 is 0 Å². The molecule has 0 N–H and O–H groups in total. The second-order valence-electron chi connectivity index (χ2n) is 2.63. The molecule has 1 rings (SSSR count). The number of anilines is 1. The van der Waals surface area contributed by atoms with E-state index < -0.39 is 0 Å². The van der Waals surface area contributed by atoms with Crippen LogP contribution < -0.4 is 4.90 Å². The summed E-state index contributed by atoms with van der Waals surface area (Å²) in [6, 6.07) is 5.17. The van der Waals surface area contributed by atoms with Gasteiger partial charge in [0.1, 0.15) is 0 Å². The maximum absolute atomic E-state index is 8.70. The lowest BCUT2D eigenvalue weighted by atomic mass is 10.1. The Labute approximate surface area is 87.7 Å². The van der Waals surface area contributed by atoms with Crippen LogP contribution >= 0.6 is 11.6 Å². The van der Waals surface area contributed by atoms with E-state index in [9.17, 15) is 0 Å². The van der Waals surface area contributed by atoms with Crippen molar-refractivity contribution in [3.05, 3.63) is 28.8 Å². The van der Waals surface area contributed by atoms with E-state index in [-0.39, 0.29) is 0 Å². The summed E-state index contributed by atoms with van der Waals surface area (Å²) in [5.41, 5.74) is 1.38. The summed E-state index contributed by atoms with van der Waals surface area (Å²) in [5, 5.41) is 18.0. The standard InChI is InChI=1S/C10H8ClN3/c1-2-8-9(11)4-3-5-10(8)14(6-12)7-13/h3-5H,2H2,1H3. The molecule has 0 amide bonds. The molecule has 1 aromatic carbocycles. The summed E-state index contributed by atoms with van der Waals surface area (Å²) in [7, 11) is 0. The third-order valence-corrected chi connectivity index (χ3v) is 2.24. The third kappa shape index (κ3) is 1.79. The van der Waals surface area contributed by atoms with Gasteiger partial charge in [-0.15, -0.1) is 0 Å². The van der Waals surface area contributed by atoms with Gasteiger partial charge in [-0.25, -0.2) is 0 Å². The number of nitrogens with zero attached hydrogens (tertiary/aromatic N) is 3.